The van der Waals surface area contributed by atoms with Crippen LogP contribution in [0.5, 0.6) is 0 Å². The van der Waals surface area contributed by atoms with E-state index in [0.717, 1.165) is 5.56 Å². The van der Waals surface area contributed by atoms with Crippen LogP contribution in [0.1, 0.15) is 0 Å². The lowest BCUT2D eigenvalue weighted by atomic mass is 10.2. The molecule has 1 N–H and O–H groups in total. The number of nitrogens with one attached hydrogen (secondary N) is 1. The summed E-state index contributed by atoms with van der Waals surface area (Å²) in [4.78, 5) is 36.0. The normalized spacial score (nSPS) is 11.1. The lowest BCUT2D eigenvalue weighted by Crippen LogP contribution is -2.24. The zero-order valence-electron chi connectivity index (χ0n) is 11.4. The summed E-state index contributed by atoms with van der Waals surface area (Å²) in [6, 6.07) is 14.4. The van der Waals surface area contributed by atoms with Gasteiger partial charge < -0.3 is 4.98 Å². The van der Waals surface area contributed by atoms with Crippen molar-refractivity contribution in [2.24, 2.45) is 0 Å². The highest BCUT2D eigenvalue weighted by atomic mass is 16.1. The fourth-order valence-corrected chi connectivity index (χ4v) is 2.39. The van der Waals surface area contributed by atoms with Gasteiger partial charge in [-0.1, -0.05) is 36.4 Å². The molecule has 0 atom stereocenters. The highest BCUT2D eigenvalue weighted by Crippen LogP contribution is 2.14. The van der Waals surface area contributed by atoms with E-state index in [-0.39, 0.29) is 11.0 Å². The highest BCUT2D eigenvalue weighted by Gasteiger charge is 2.12. The van der Waals surface area contributed by atoms with Gasteiger partial charge in [-0.05, 0) is 12.1 Å². The van der Waals surface area contributed by atoms with Crippen molar-refractivity contribution >= 4 is 16.7 Å². The number of hydrogen-bond donors (Lipinski definition) is 1. The van der Waals surface area contributed by atoms with Gasteiger partial charge in [0.25, 0.3) is 11.1 Å². The van der Waals surface area contributed by atoms with Gasteiger partial charge in [-0.15, -0.1) is 0 Å². The molecule has 4 rings (SSSR count). The maximum atomic E-state index is 12.4. The van der Waals surface area contributed by atoms with E-state index in [1.54, 1.807) is 24.4 Å². The van der Waals surface area contributed by atoms with Crippen LogP contribution in [0, 0.1) is 0 Å². The highest BCUT2D eigenvalue weighted by molar-refractivity contribution is 5.76. The third-order valence-electron chi connectivity index (χ3n) is 3.44. The van der Waals surface area contributed by atoms with Crippen LogP contribution in [-0.4, -0.2) is 19.4 Å². The number of nitrogens with zero attached hydrogens (tertiary/aromatic N) is 3. The molecule has 0 saturated heterocycles. The van der Waals surface area contributed by atoms with Crippen LogP contribution >= 0.6 is 0 Å². The molecule has 22 heavy (non-hydrogen) atoms. The van der Waals surface area contributed by atoms with E-state index in [2.05, 4.69) is 15.0 Å². The van der Waals surface area contributed by atoms with E-state index < -0.39 is 11.1 Å². The number of aromatic nitrogens is 4. The third kappa shape index (κ3) is 1.81. The lowest BCUT2D eigenvalue weighted by molar-refractivity contribution is 1.05. The molecule has 4 aromatic rings. The van der Waals surface area contributed by atoms with Crippen LogP contribution < -0.4 is 11.1 Å². The Balaban J connectivity index is 2.13. The third-order valence-corrected chi connectivity index (χ3v) is 3.44. The van der Waals surface area contributed by atoms with Gasteiger partial charge in [0, 0.05) is 11.8 Å². The minimum absolute atomic E-state index is 0.0385. The summed E-state index contributed by atoms with van der Waals surface area (Å²) in [5.41, 5.74) is 0.459. The second-order valence-electron chi connectivity index (χ2n) is 4.82. The van der Waals surface area contributed by atoms with Crippen LogP contribution in [0.4, 0.5) is 0 Å². The number of fused-ring (bicyclic) bond motifs is 2. The van der Waals surface area contributed by atoms with E-state index in [1.165, 1.54) is 4.40 Å². The molecule has 0 spiro atoms. The molecule has 0 aliphatic rings. The zero-order valence-corrected chi connectivity index (χ0v) is 11.4. The van der Waals surface area contributed by atoms with E-state index in [0.29, 0.717) is 11.5 Å². The summed E-state index contributed by atoms with van der Waals surface area (Å²) in [6.07, 6.45) is 1.58. The Morgan fingerprint density at radius 2 is 1.68 bits per heavy atom. The molecule has 0 fully saturated rings. The Hall–Kier alpha value is -3.28. The molecule has 6 nitrogen and oxygen atoms in total. The first-order chi connectivity index (χ1) is 10.7. The van der Waals surface area contributed by atoms with E-state index >= 15 is 0 Å². The first-order valence-corrected chi connectivity index (χ1v) is 6.71. The monoisotopic (exact) mass is 290 g/mol. The maximum Gasteiger partial charge on any atom is 0.273 e. The SMILES string of the molecule is O=c1[nH]c(-c2ccccc2)nc2nc3ccccn3c(=O)c12. The first-order valence-electron chi connectivity index (χ1n) is 6.71. The predicted octanol–water partition coefficient (Wildman–Crippen LogP) is 1.60. The summed E-state index contributed by atoms with van der Waals surface area (Å²) >= 11 is 0. The molecular weight excluding hydrogens is 280 g/mol. The van der Waals surface area contributed by atoms with Crippen molar-refractivity contribution in [1.29, 1.82) is 0 Å². The molecule has 0 aliphatic carbocycles. The summed E-state index contributed by atoms with van der Waals surface area (Å²) in [5.74, 6) is 0.394. The molecule has 3 heterocycles. The standard InChI is InChI=1S/C16H10N4O2/c21-15-12-14(17-11-8-4-5-9-20(11)16(12)22)18-13(19-15)10-6-2-1-3-7-10/h1-9H,(H,18,19,21). The van der Waals surface area contributed by atoms with E-state index in [1.807, 2.05) is 30.3 Å². The average Bonchev–Trinajstić information content (AvgIpc) is 2.55. The van der Waals surface area contributed by atoms with Crippen molar-refractivity contribution < 1.29 is 0 Å². The molecule has 0 saturated carbocycles. The summed E-state index contributed by atoms with van der Waals surface area (Å²) < 4.78 is 1.33. The van der Waals surface area contributed by atoms with Gasteiger partial charge in [-0.3, -0.25) is 14.0 Å². The quantitative estimate of drug-likeness (QED) is 0.540. The van der Waals surface area contributed by atoms with Crippen LogP contribution in [0.3, 0.4) is 0 Å². The Morgan fingerprint density at radius 3 is 2.50 bits per heavy atom. The largest absolute Gasteiger partial charge is 0.306 e. The lowest BCUT2D eigenvalue weighted by Gasteiger charge is -2.04. The van der Waals surface area contributed by atoms with Gasteiger partial charge in [0.2, 0.25) is 0 Å². The maximum absolute atomic E-state index is 12.4. The molecule has 3 aromatic heterocycles. The van der Waals surface area contributed by atoms with Crippen molar-refractivity contribution in [2.45, 2.75) is 0 Å². The first kappa shape index (κ1) is 12.5. The van der Waals surface area contributed by atoms with Crippen LogP contribution in [0.15, 0.2) is 64.3 Å². The van der Waals surface area contributed by atoms with Crippen molar-refractivity contribution in [1.82, 2.24) is 19.4 Å². The number of benzene rings is 1. The summed E-state index contributed by atoms with van der Waals surface area (Å²) in [5, 5.41) is -0.0385. The Labute approximate surface area is 123 Å². The van der Waals surface area contributed by atoms with Crippen molar-refractivity contribution in [2.75, 3.05) is 0 Å². The Kier molecular flexibility index (Phi) is 2.62. The number of pyridine rings is 1. The van der Waals surface area contributed by atoms with Gasteiger partial charge in [-0.2, -0.15) is 0 Å². The van der Waals surface area contributed by atoms with Gasteiger partial charge in [0.1, 0.15) is 11.5 Å². The molecule has 0 bridgehead atoms. The molecule has 0 unspecified atom stereocenters. The van der Waals surface area contributed by atoms with Crippen molar-refractivity contribution in [3.63, 3.8) is 0 Å². The zero-order chi connectivity index (χ0) is 15.1. The van der Waals surface area contributed by atoms with Gasteiger partial charge in [-0.25, -0.2) is 9.97 Å². The van der Waals surface area contributed by atoms with Crippen LogP contribution in [-0.2, 0) is 0 Å². The fourth-order valence-electron chi connectivity index (χ4n) is 2.39. The van der Waals surface area contributed by atoms with Gasteiger partial charge in [0.05, 0.1) is 0 Å². The second-order valence-corrected chi connectivity index (χ2v) is 4.82. The van der Waals surface area contributed by atoms with Gasteiger partial charge >= 0.3 is 0 Å². The molecule has 6 heteroatoms. The van der Waals surface area contributed by atoms with Gasteiger partial charge in [0.15, 0.2) is 11.0 Å². The minimum atomic E-state index is -0.486. The van der Waals surface area contributed by atoms with E-state index in [9.17, 15) is 9.59 Å². The number of H-pyrrole nitrogens is 1. The van der Waals surface area contributed by atoms with E-state index in [4.69, 9.17) is 0 Å². The molecule has 1 aromatic carbocycles. The average molecular weight is 290 g/mol. The number of aromatic amines is 1. The Bertz CT molecular complexity index is 1110. The smallest absolute Gasteiger partial charge is 0.273 e. The molecule has 0 amide bonds. The molecular formula is C16H10N4O2. The van der Waals surface area contributed by atoms with Crippen molar-refractivity contribution in [3.8, 4) is 11.4 Å². The molecule has 0 aliphatic heterocycles. The van der Waals surface area contributed by atoms with Crippen LogP contribution in [0.25, 0.3) is 28.1 Å². The molecule has 0 radical (unpaired) electrons. The number of rotatable bonds is 1. The molecule has 106 valence electrons. The summed E-state index contributed by atoms with van der Waals surface area (Å²) in [6.45, 7) is 0. The predicted molar refractivity (Wildman–Crippen MR) is 82.8 cm³/mol. The minimum Gasteiger partial charge on any atom is -0.306 e. The van der Waals surface area contributed by atoms with Crippen molar-refractivity contribution in [3.05, 3.63) is 75.4 Å². The second kappa shape index (κ2) is 4.63. The number of hydrogen-bond acceptors (Lipinski definition) is 4. The fraction of sp³-hybridized carbons (Fsp3) is 0. The Morgan fingerprint density at radius 1 is 0.909 bits per heavy atom. The topological polar surface area (TPSA) is 80.1 Å². The van der Waals surface area contributed by atoms with Crippen LogP contribution in [0.2, 0.25) is 0 Å². The summed E-state index contributed by atoms with van der Waals surface area (Å²) in [7, 11) is 0.